The van der Waals surface area contributed by atoms with Gasteiger partial charge in [-0.05, 0) is 48.3 Å². The molecule has 0 bridgehead atoms. The van der Waals surface area contributed by atoms with E-state index in [0.29, 0.717) is 17.1 Å². The van der Waals surface area contributed by atoms with Crippen molar-refractivity contribution in [1.29, 1.82) is 0 Å². The Labute approximate surface area is 184 Å². The number of benzene rings is 1. The highest BCUT2D eigenvalue weighted by atomic mass is 32.1. The third-order valence-electron chi connectivity index (χ3n) is 5.30. The fraction of sp³-hybridized carbons (Fsp3) is 0.381. The number of rotatable bonds is 6. The van der Waals surface area contributed by atoms with Crippen LogP contribution in [0.5, 0.6) is 0 Å². The van der Waals surface area contributed by atoms with E-state index in [4.69, 9.17) is 17.0 Å². The van der Waals surface area contributed by atoms with E-state index in [-0.39, 0.29) is 5.91 Å². The molecule has 7 nitrogen and oxygen atoms in total. The van der Waals surface area contributed by atoms with Crippen molar-refractivity contribution in [1.82, 2.24) is 19.7 Å². The second-order valence-electron chi connectivity index (χ2n) is 7.34. The molecule has 1 fully saturated rings. The van der Waals surface area contributed by atoms with Crippen molar-refractivity contribution in [3.8, 4) is 10.7 Å². The summed E-state index contributed by atoms with van der Waals surface area (Å²) in [6.07, 6.45) is 0. The molecule has 1 atom stereocenters. The first-order valence-corrected chi connectivity index (χ1v) is 11.2. The molecule has 1 saturated heterocycles. The lowest BCUT2D eigenvalue weighted by atomic mass is 10.1. The highest BCUT2D eigenvalue weighted by Gasteiger charge is 2.24. The molecule has 1 aliphatic heterocycles. The van der Waals surface area contributed by atoms with Crippen molar-refractivity contribution in [3.05, 3.63) is 52.1 Å². The molecule has 2 aromatic heterocycles. The van der Waals surface area contributed by atoms with E-state index in [9.17, 15) is 4.79 Å². The normalized spacial score (nSPS) is 15.2. The summed E-state index contributed by atoms with van der Waals surface area (Å²) < 4.78 is 7.66. The molecule has 1 unspecified atom stereocenters. The van der Waals surface area contributed by atoms with Crippen LogP contribution in [0.3, 0.4) is 0 Å². The first-order valence-electron chi connectivity index (χ1n) is 9.92. The fourth-order valence-corrected chi connectivity index (χ4v) is 4.66. The molecule has 4 rings (SSSR count). The van der Waals surface area contributed by atoms with E-state index in [1.54, 1.807) is 20.8 Å². The van der Waals surface area contributed by atoms with Crippen LogP contribution in [0.25, 0.3) is 10.7 Å². The Morgan fingerprint density at radius 2 is 2.03 bits per heavy atom. The summed E-state index contributed by atoms with van der Waals surface area (Å²) >= 11 is 6.97. The number of morpholine rings is 1. The molecule has 1 N–H and O–H groups in total. The van der Waals surface area contributed by atoms with Gasteiger partial charge in [0.2, 0.25) is 5.91 Å². The van der Waals surface area contributed by atoms with E-state index in [2.05, 4.69) is 39.4 Å². The van der Waals surface area contributed by atoms with Gasteiger partial charge in [0.25, 0.3) is 0 Å². The number of hydrogen-bond donors (Lipinski definition) is 1. The summed E-state index contributed by atoms with van der Waals surface area (Å²) in [7, 11) is 1.82. The van der Waals surface area contributed by atoms with Crippen molar-refractivity contribution < 1.29 is 9.53 Å². The van der Waals surface area contributed by atoms with Gasteiger partial charge in [0.1, 0.15) is 6.04 Å². The molecular weight excluding hydrogens is 418 g/mol. The SMILES string of the molecule is CC(C(=O)N(C)Cc1ccc(N2CCOCC2)cc1)n1c(-c2cccs2)n[nH]c1=S. The lowest BCUT2D eigenvalue weighted by Gasteiger charge is -2.29. The molecule has 3 aromatic rings. The van der Waals surface area contributed by atoms with Crippen LogP contribution in [0.2, 0.25) is 0 Å². The Balaban J connectivity index is 1.45. The number of hydrogen-bond acceptors (Lipinski definition) is 6. The first kappa shape index (κ1) is 20.8. The van der Waals surface area contributed by atoms with Crippen LogP contribution in [-0.2, 0) is 16.1 Å². The number of ether oxygens (including phenoxy) is 1. The minimum Gasteiger partial charge on any atom is -0.378 e. The van der Waals surface area contributed by atoms with Gasteiger partial charge >= 0.3 is 0 Å². The summed E-state index contributed by atoms with van der Waals surface area (Å²) in [5.74, 6) is 0.682. The van der Waals surface area contributed by atoms with Crippen molar-refractivity contribution in [2.45, 2.75) is 19.5 Å². The van der Waals surface area contributed by atoms with Crippen LogP contribution in [0.15, 0.2) is 41.8 Å². The zero-order chi connectivity index (χ0) is 21.1. The summed E-state index contributed by atoms with van der Waals surface area (Å²) in [6.45, 7) is 5.75. The summed E-state index contributed by atoms with van der Waals surface area (Å²) in [4.78, 5) is 18.2. The minimum atomic E-state index is -0.453. The number of likely N-dealkylation sites (N-methyl/N-ethyl adjacent to an activating group) is 1. The van der Waals surface area contributed by atoms with Crippen molar-refractivity contribution in [2.75, 3.05) is 38.3 Å². The molecule has 1 amide bonds. The van der Waals surface area contributed by atoms with E-state index < -0.39 is 6.04 Å². The average molecular weight is 444 g/mol. The number of aromatic nitrogens is 3. The van der Waals surface area contributed by atoms with Gasteiger partial charge in [-0.3, -0.25) is 14.5 Å². The Morgan fingerprint density at radius 1 is 1.30 bits per heavy atom. The Kier molecular flexibility index (Phi) is 6.31. The van der Waals surface area contributed by atoms with Crippen LogP contribution < -0.4 is 4.90 Å². The van der Waals surface area contributed by atoms with E-state index in [1.807, 2.05) is 31.5 Å². The van der Waals surface area contributed by atoms with E-state index in [0.717, 1.165) is 36.7 Å². The summed E-state index contributed by atoms with van der Waals surface area (Å²) in [5.41, 5.74) is 2.28. The lowest BCUT2D eigenvalue weighted by Crippen LogP contribution is -2.36. The molecule has 3 heterocycles. The van der Waals surface area contributed by atoms with E-state index in [1.165, 1.54) is 5.69 Å². The third kappa shape index (κ3) is 4.33. The molecule has 1 aromatic carbocycles. The third-order valence-corrected chi connectivity index (χ3v) is 6.45. The molecule has 158 valence electrons. The molecule has 1 aliphatic rings. The van der Waals surface area contributed by atoms with Gasteiger partial charge in [-0.15, -0.1) is 11.3 Å². The van der Waals surface area contributed by atoms with Gasteiger partial charge in [-0.1, -0.05) is 18.2 Å². The molecule has 9 heteroatoms. The highest BCUT2D eigenvalue weighted by Crippen LogP contribution is 2.26. The van der Waals surface area contributed by atoms with Gasteiger partial charge in [0.05, 0.1) is 18.1 Å². The van der Waals surface area contributed by atoms with Gasteiger partial charge in [-0.2, -0.15) is 5.10 Å². The number of H-pyrrole nitrogens is 1. The zero-order valence-corrected chi connectivity index (χ0v) is 18.7. The molecule has 0 radical (unpaired) electrons. The van der Waals surface area contributed by atoms with Crippen molar-refractivity contribution in [3.63, 3.8) is 0 Å². The molecule has 0 spiro atoms. The number of nitrogens with one attached hydrogen (secondary N) is 1. The number of anilines is 1. The largest absolute Gasteiger partial charge is 0.378 e. The predicted octanol–water partition coefficient (Wildman–Crippen LogP) is 3.73. The topological polar surface area (TPSA) is 66.4 Å². The van der Waals surface area contributed by atoms with Crippen LogP contribution in [0, 0.1) is 4.77 Å². The van der Waals surface area contributed by atoms with Crippen LogP contribution in [0.4, 0.5) is 5.69 Å². The smallest absolute Gasteiger partial charge is 0.245 e. The average Bonchev–Trinajstić information content (AvgIpc) is 3.43. The molecule has 0 aliphatic carbocycles. The number of carbonyl (C=O) groups excluding carboxylic acids is 1. The standard InChI is InChI=1S/C21H25N5O2S2/c1-15(26-19(22-23-21(26)29)18-4-3-13-30-18)20(27)24(2)14-16-5-7-17(8-6-16)25-9-11-28-12-10-25/h3-8,13,15H,9-12,14H2,1-2H3,(H,23,29). The second kappa shape index (κ2) is 9.11. The molecule has 30 heavy (non-hydrogen) atoms. The van der Waals surface area contributed by atoms with Crippen molar-refractivity contribution >= 4 is 35.1 Å². The number of amides is 1. The van der Waals surface area contributed by atoms with Gasteiger partial charge in [0, 0.05) is 32.4 Å². The number of carbonyl (C=O) groups is 1. The van der Waals surface area contributed by atoms with Crippen LogP contribution in [-0.4, -0.2) is 58.9 Å². The monoisotopic (exact) mass is 443 g/mol. The van der Waals surface area contributed by atoms with E-state index >= 15 is 0 Å². The lowest BCUT2D eigenvalue weighted by molar-refractivity contribution is -0.133. The number of nitrogens with zero attached hydrogens (tertiary/aromatic N) is 4. The van der Waals surface area contributed by atoms with Gasteiger partial charge in [-0.25, -0.2) is 0 Å². The number of aromatic amines is 1. The maximum atomic E-state index is 13.1. The zero-order valence-electron chi connectivity index (χ0n) is 17.1. The maximum absolute atomic E-state index is 13.1. The van der Waals surface area contributed by atoms with Crippen molar-refractivity contribution in [2.24, 2.45) is 0 Å². The second-order valence-corrected chi connectivity index (χ2v) is 8.67. The first-order chi connectivity index (χ1) is 14.5. The Hall–Kier alpha value is -2.49. The fourth-order valence-electron chi connectivity index (χ4n) is 3.66. The Bertz CT molecular complexity index is 1040. The molecule has 0 saturated carbocycles. The van der Waals surface area contributed by atoms with Gasteiger partial charge in [0.15, 0.2) is 10.6 Å². The maximum Gasteiger partial charge on any atom is 0.245 e. The number of thiophene rings is 1. The van der Waals surface area contributed by atoms with Crippen LogP contribution >= 0.6 is 23.6 Å². The minimum absolute atomic E-state index is 0.0115. The Morgan fingerprint density at radius 3 is 2.70 bits per heavy atom. The molecular formula is C21H25N5O2S2. The summed E-state index contributed by atoms with van der Waals surface area (Å²) in [6, 6.07) is 11.9. The summed E-state index contributed by atoms with van der Waals surface area (Å²) in [5, 5.41) is 9.14. The highest BCUT2D eigenvalue weighted by molar-refractivity contribution is 7.71. The quantitative estimate of drug-likeness (QED) is 0.588. The van der Waals surface area contributed by atoms with Crippen LogP contribution in [0.1, 0.15) is 18.5 Å². The van der Waals surface area contributed by atoms with Gasteiger partial charge < -0.3 is 14.5 Å². The predicted molar refractivity (Wildman–Crippen MR) is 121 cm³/mol.